The third kappa shape index (κ3) is 4.43. The molecule has 2 amide bonds. The first kappa shape index (κ1) is 12.0. The fraction of sp³-hybridized carbons (Fsp3) is 0.200. The predicted octanol–water partition coefficient (Wildman–Crippen LogP) is 0.134. The number of nitrogens with one attached hydrogen (secondary N) is 1. The Kier molecular flexibility index (Phi) is 4.28. The largest absolute Gasteiger partial charge is 0.462 e. The highest BCUT2D eigenvalue weighted by atomic mass is 16.7. The Balaban J connectivity index is 2.34. The maximum absolute atomic E-state index is 11.1. The Hall–Kier alpha value is -2.08. The van der Waals surface area contributed by atoms with Crippen LogP contribution in [0.4, 0.5) is 0 Å². The van der Waals surface area contributed by atoms with E-state index in [0.29, 0.717) is 5.76 Å². The van der Waals surface area contributed by atoms with Crippen molar-refractivity contribution in [2.24, 2.45) is 5.73 Å². The molecule has 0 spiro atoms. The lowest BCUT2D eigenvalue weighted by Gasteiger charge is -1.99. The van der Waals surface area contributed by atoms with Gasteiger partial charge in [-0.15, -0.1) is 0 Å². The van der Waals surface area contributed by atoms with E-state index in [1.807, 2.05) is 5.48 Å². The molecule has 0 saturated carbocycles. The Morgan fingerprint density at radius 2 is 2.31 bits per heavy atom. The molecule has 1 heterocycles. The van der Waals surface area contributed by atoms with Crippen molar-refractivity contribution in [3.8, 4) is 0 Å². The Morgan fingerprint density at radius 1 is 1.56 bits per heavy atom. The topological polar surface area (TPSA) is 94.6 Å². The van der Waals surface area contributed by atoms with Gasteiger partial charge in [-0.2, -0.15) is 0 Å². The number of carbonyl (C=O) groups is 2. The molecule has 3 N–H and O–H groups in total. The second-order valence-corrected chi connectivity index (χ2v) is 3.00. The monoisotopic (exact) mass is 224 g/mol. The van der Waals surface area contributed by atoms with Crippen LogP contribution in [-0.2, 0) is 14.4 Å². The standard InChI is InChI=1S/C10H12N2O4/c1-7-2-3-8(16-7)4-5-10(14)12-15-6-9(11)13/h2-5H,6H2,1H3,(H2,11,13)(H,12,14)/b5-4+. The van der Waals surface area contributed by atoms with E-state index in [-0.39, 0.29) is 6.61 Å². The third-order valence-electron chi connectivity index (χ3n) is 1.55. The molecule has 0 fully saturated rings. The van der Waals surface area contributed by atoms with Crippen LogP contribution in [0.1, 0.15) is 11.5 Å². The Bertz CT molecular complexity index is 409. The van der Waals surface area contributed by atoms with Crippen molar-refractivity contribution in [3.63, 3.8) is 0 Å². The van der Waals surface area contributed by atoms with E-state index < -0.39 is 11.8 Å². The highest BCUT2D eigenvalue weighted by Gasteiger charge is 1.98. The summed E-state index contributed by atoms with van der Waals surface area (Å²) in [6.07, 6.45) is 2.70. The molecule has 0 radical (unpaired) electrons. The third-order valence-corrected chi connectivity index (χ3v) is 1.55. The summed E-state index contributed by atoms with van der Waals surface area (Å²) in [6, 6.07) is 3.50. The number of hydroxylamine groups is 1. The molecule has 1 aromatic rings. The zero-order valence-corrected chi connectivity index (χ0v) is 8.73. The summed E-state index contributed by atoms with van der Waals surface area (Å²) in [5, 5.41) is 0. The predicted molar refractivity (Wildman–Crippen MR) is 55.8 cm³/mol. The minimum Gasteiger partial charge on any atom is -0.462 e. The van der Waals surface area contributed by atoms with Crippen LogP contribution >= 0.6 is 0 Å². The van der Waals surface area contributed by atoms with Crippen molar-refractivity contribution in [1.29, 1.82) is 0 Å². The van der Waals surface area contributed by atoms with E-state index in [0.717, 1.165) is 5.76 Å². The van der Waals surface area contributed by atoms with E-state index in [1.54, 1.807) is 19.1 Å². The SMILES string of the molecule is Cc1ccc(/C=C/C(=O)NOCC(N)=O)o1. The van der Waals surface area contributed by atoms with E-state index >= 15 is 0 Å². The zero-order chi connectivity index (χ0) is 12.0. The van der Waals surface area contributed by atoms with Gasteiger partial charge in [-0.3, -0.25) is 14.4 Å². The highest BCUT2D eigenvalue weighted by molar-refractivity contribution is 5.90. The van der Waals surface area contributed by atoms with Crippen molar-refractivity contribution in [1.82, 2.24) is 5.48 Å². The number of furan rings is 1. The molecular formula is C10H12N2O4. The number of nitrogens with two attached hydrogens (primary N) is 1. The van der Waals surface area contributed by atoms with E-state index in [1.165, 1.54) is 12.2 Å². The first-order valence-corrected chi connectivity index (χ1v) is 4.52. The number of rotatable bonds is 5. The van der Waals surface area contributed by atoms with E-state index in [2.05, 4.69) is 4.84 Å². The summed E-state index contributed by atoms with van der Waals surface area (Å²) in [5.74, 6) is 0.147. The molecule has 1 rings (SSSR count). The van der Waals surface area contributed by atoms with Crippen molar-refractivity contribution in [3.05, 3.63) is 29.7 Å². The van der Waals surface area contributed by atoms with Crippen LogP contribution in [0.25, 0.3) is 6.08 Å². The summed E-state index contributed by atoms with van der Waals surface area (Å²) < 4.78 is 5.19. The molecule has 0 aromatic carbocycles. The average molecular weight is 224 g/mol. The molecule has 6 heteroatoms. The smallest absolute Gasteiger partial charge is 0.267 e. The number of hydrogen-bond donors (Lipinski definition) is 2. The Morgan fingerprint density at radius 3 is 2.88 bits per heavy atom. The second-order valence-electron chi connectivity index (χ2n) is 3.00. The summed E-state index contributed by atoms with van der Waals surface area (Å²) in [4.78, 5) is 25.9. The van der Waals surface area contributed by atoms with Crippen LogP contribution in [0, 0.1) is 6.92 Å². The lowest BCUT2D eigenvalue weighted by molar-refractivity contribution is -0.134. The maximum atomic E-state index is 11.1. The van der Waals surface area contributed by atoms with Crippen molar-refractivity contribution >= 4 is 17.9 Å². The van der Waals surface area contributed by atoms with Crippen LogP contribution in [-0.4, -0.2) is 18.4 Å². The molecule has 0 aliphatic heterocycles. The average Bonchev–Trinajstić information content (AvgIpc) is 2.61. The van der Waals surface area contributed by atoms with Gasteiger partial charge in [-0.1, -0.05) is 0 Å². The molecule has 16 heavy (non-hydrogen) atoms. The minimum atomic E-state index is -0.661. The van der Waals surface area contributed by atoms with Gasteiger partial charge in [0.25, 0.3) is 5.91 Å². The first-order chi connectivity index (χ1) is 7.58. The van der Waals surface area contributed by atoms with Gasteiger partial charge in [-0.05, 0) is 25.1 Å². The minimum absolute atomic E-state index is 0.362. The van der Waals surface area contributed by atoms with Gasteiger partial charge in [0.1, 0.15) is 11.5 Å². The first-order valence-electron chi connectivity index (χ1n) is 4.52. The summed E-state index contributed by atoms with van der Waals surface area (Å²) in [6.45, 7) is 1.44. The number of aryl methyl sites for hydroxylation is 1. The molecule has 0 aliphatic carbocycles. The molecule has 0 atom stereocenters. The van der Waals surface area contributed by atoms with Gasteiger partial charge in [0.2, 0.25) is 5.91 Å². The quantitative estimate of drug-likeness (QED) is 0.549. The van der Waals surface area contributed by atoms with Gasteiger partial charge >= 0.3 is 0 Å². The number of primary amides is 1. The van der Waals surface area contributed by atoms with E-state index in [9.17, 15) is 9.59 Å². The summed E-state index contributed by atoms with van der Waals surface area (Å²) >= 11 is 0. The molecule has 1 aromatic heterocycles. The lowest BCUT2D eigenvalue weighted by Crippen LogP contribution is -2.28. The zero-order valence-electron chi connectivity index (χ0n) is 8.73. The summed E-state index contributed by atoms with van der Waals surface area (Å²) in [5.41, 5.74) is 6.82. The fourth-order valence-electron chi connectivity index (χ4n) is 0.913. The molecular weight excluding hydrogens is 212 g/mol. The van der Waals surface area contributed by atoms with Crippen LogP contribution < -0.4 is 11.2 Å². The van der Waals surface area contributed by atoms with Crippen LogP contribution in [0.5, 0.6) is 0 Å². The highest BCUT2D eigenvalue weighted by Crippen LogP contribution is 2.07. The van der Waals surface area contributed by atoms with Gasteiger partial charge in [-0.25, -0.2) is 5.48 Å². The van der Waals surface area contributed by atoms with Crippen LogP contribution in [0.2, 0.25) is 0 Å². The molecule has 0 bridgehead atoms. The molecule has 0 unspecified atom stereocenters. The molecule has 86 valence electrons. The number of carbonyl (C=O) groups excluding carboxylic acids is 2. The lowest BCUT2D eigenvalue weighted by atomic mass is 10.4. The molecule has 6 nitrogen and oxygen atoms in total. The fourth-order valence-corrected chi connectivity index (χ4v) is 0.913. The van der Waals surface area contributed by atoms with Gasteiger partial charge in [0.05, 0.1) is 0 Å². The Labute approximate surface area is 92.0 Å². The van der Waals surface area contributed by atoms with Crippen molar-refractivity contribution in [2.45, 2.75) is 6.92 Å². The van der Waals surface area contributed by atoms with E-state index in [4.69, 9.17) is 10.2 Å². The van der Waals surface area contributed by atoms with Gasteiger partial charge in [0.15, 0.2) is 6.61 Å². The van der Waals surface area contributed by atoms with Gasteiger partial charge in [0, 0.05) is 6.08 Å². The van der Waals surface area contributed by atoms with Crippen molar-refractivity contribution in [2.75, 3.05) is 6.61 Å². The molecule has 0 saturated heterocycles. The van der Waals surface area contributed by atoms with Gasteiger partial charge < -0.3 is 10.2 Å². The second kappa shape index (κ2) is 5.72. The van der Waals surface area contributed by atoms with Crippen LogP contribution in [0.15, 0.2) is 22.6 Å². The summed E-state index contributed by atoms with van der Waals surface area (Å²) in [7, 11) is 0. The van der Waals surface area contributed by atoms with Crippen molar-refractivity contribution < 1.29 is 18.8 Å². The number of hydrogen-bond acceptors (Lipinski definition) is 4. The molecule has 0 aliphatic rings. The number of amides is 2. The normalized spacial score (nSPS) is 10.6. The maximum Gasteiger partial charge on any atom is 0.267 e. The van der Waals surface area contributed by atoms with Crippen LogP contribution in [0.3, 0.4) is 0 Å².